The zero-order valence-corrected chi connectivity index (χ0v) is 10.5. The molecule has 0 aliphatic rings. The van der Waals surface area contributed by atoms with Gasteiger partial charge in [0.25, 0.3) is 0 Å². The van der Waals surface area contributed by atoms with Crippen molar-refractivity contribution in [2.75, 3.05) is 7.05 Å². The molecule has 1 N–H and O–H groups in total. The molecule has 2 aromatic rings. The van der Waals surface area contributed by atoms with E-state index in [0.29, 0.717) is 5.92 Å². The quantitative estimate of drug-likeness (QED) is 0.872. The first-order valence-electron chi connectivity index (χ1n) is 5.81. The van der Waals surface area contributed by atoms with Crippen LogP contribution in [-0.4, -0.2) is 22.0 Å². The van der Waals surface area contributed by atoms with Crippen LogP contribution in [0.15, 0.2) is 36.5 Å². The molecule has 2 rings (SSSR count). The summed E-state index contributed by atoms with van der Waals surface area (Å²) in [6, 6.07) is 10.7. The smallest absolute Gasteiger partial charge is 0.0759 e. The largest absolute Gasteiger partial charge is 0.311 e. The molecule has 1 heterocycles. The Kier molecular flexibility index (Phi) is 3.54. The molecule has 1 aromatic heterocycles. The number of benzene rings is 1. The zero-order valence-electron chi connectivity index (χ0n) is 10.5. The van der Waals surface area contributed by atoms with Crippen molar-refractivity contribution >= 4 is 0 Å². The lowest BCUT2D eigenvalue weighted by Gasteiger charge is -2.23. The van der Waals surface area contributed by atoms with E-state index < -0.39 is 0 Å². The number of aryl methyl sites for hydroxylation is 1. The van der Waals surface area contributed by atoms with Crippen LogP contribution in [0.3, 0.4) is 0 Å². The Morgan fingerprint density at radius 3 is 2.47 bits per heavy atom. The molecule has 0 aliphatic heterocycles. The second kappa shape index (κ2) is 5.10. The van der Waals surface area contributed by atoms with Crippen molar-refractivity contribution in [1.82, 2.24) is 20.3 Å². The Bertz CT molecular complexity index is 463. The first-order valence-corrected chi connectivity index (χ1v) is 5.81. The van der Waals surface area contributed by atoms with E-state index in [-0.39, 0.29) is 6.04 Å². The molecule has 2 atom stereocenters. The van der Waals surface area contributed by atoms with Crippen molar-refractivity contribution in [3.05, 3.63) is 47.8 Å². The van der Waals surface area contributed by atoms with Gasteiger partial charge in [0.1, 0.15) is 0 Å². The predicted octanol–water partition coefficient (Wildman–Crippen LogP) is 1.88. The molecule has 2 unspecified atom stereocenters. The molecule has 0 aliphatic carbocycles. The van der Waals surface area contributed by atoms with Crippen molar-refractivity contribution in [3.8, 4) is 0 Å². The van der Waals surface area contributed by atoms with Crippen molar-refractivity contribution in [2.45, 2.75) is 18.9 Å². The molecule has 0 saturated carbocycles. The number of hydrogen-bond donors (Lipinski definition) is 1. The third-order valence-electron chi connectivity index (χ3n) is 3.20. The van der Waals surface area contributed by atoms with Gasteiger partial charge in [-0.25, -0.2) is 0 Å². The monoisotopic (exact) mass is 230 g/mol. The average molecular weight is 230 g/mol. The summed E-state index contributed by atoms with van der Waals surface area (Å²) in [5, 5.41) is 11.3. The minimum atomic E-state index is 0.220. The molecule has 17 heavy (non-hydrogen) atoms. The van der Waals surface area contributed by atoms with E-state index in [1.807, 2.05) is 31.0 Å². The van der Waals surface area contributed by atoms with Gasteiger partial charge in [-0.3, -0.25) is 4.68 Å². The maximum atomic E-state index is 3.99. The van der Waals surface area contributed by atoms with Gasteiger partial charge >= 0.3 is 0 Å². The summed E-state index contributed by atoms with van der Waals surface area (Å²) in [6.07, 6.45) is 1.82. The summed E-state index contributed by atoms with van der Waals surface area (Å²) in [5.74, 6) is 0.374. The van der Waals surface area contributed by atoms with Crippen molar-refractivity contribution in [1.29, 1.82) is 0 Å². The van der Waals surface area contributed by atoms with Gasteiger partial charge in [-0.15, -0.1) is 5.10 Å². The number of hydrogen-bond acceptors (Lipinski definition) is 3. The molecular weight excluding hydrogens is 212 g/mol. The third kappa shape index (κ3) is 2.36. The van der Waals surface area contributed by atoms with Crippen LogP contribution in [0.2, 0.25) is 0 Å². The van der Waals surface area contributed by atoms with Gasteiger partial charge in [-0.05, 0) is 12.6 Å². The van der Waals surface area contributed by atoms with Gasteiger partial charge in [-0.2, -0.15) is 0 Å². The van der Waals surface area contributed by atoms with Gasteiger partial charge < -0.3 is 5.32 Å². The van der Waals surface area contributed by atoms with Crippen LogP contribution in [0, 0.1) is 0 Å². The zero-order chi connectivity index (χ0) is 12.3. The summed E-state index contributed by atoms with van der Waals surface area (Å²) >= 11 is 0. The van der Waals surface area contributed by atoms with Crippen LogP contribution in [0.4, 0.5) is 0 Å². The van der Waals surface area contributed by atoms with E-state index in [0.717, 1.165) is 5.69 Å². The number of nitrogens with zero attached hydrogens (tertiary/aromatic N) is 3. The van der Waals surface area contributed by atoms with Crippen LogP contribution in [0.1, 0.15) is 30.1 Å². The fourth-order valence-corrected chi connectivity index (χ4v) is 2.18. The molecular formula is C13H18N4. The number of rotatable bonds is 4. The minimum absolute atomic E-state index is 0.220. The minimum Gasteiger partial charge on any atom is -0.311 e. The molecule has 4 heteroatoms. The third-order valence-corrected chi connectivity index (χ3v) is 3.20. The van der Waals surface area contributed by atoms with Gasteiger partial charge in [0, 0.05) is 13.0 Å². The van der Waals surface area contributed by atoms with Crippen LogP contribution in [0.25, 0.3) is 0 Å². The molecule has 0 spiro atoms. The Hall–Kier alpha value is -1.68. The van der Waals surface area contributed by atoms with E-state index in [2.05, 4.69) is 46.8 Å². The lowest BCUT2D eigenvalue weighted by atomic mass is 9.91. The fourth-order valence-electron chi connectivity index (χ4n) is 2.18. The molecule has 1 aromatic carbocycles. The summed E-state index contributed by atoms with van der Waals surface area (Å²) in [5.41, 5.74) is 2.41. The topological polar surface area (TPSA) is 42.7 Å². The lowest BCUT2D eigenvalue weighted by molar-refractivity contribution is 0.471. The number of nitrogens with one attached hydrogen (secondary N) is 1. The molecule has 0 fully saturated rings. The van der Waals surface area contributed by atoms with E-state index in [4.69, 9.17) is 0 Å². The maximum Gasteiger partial charge on any atom is 0.0759 e. The van der Waals surface area contributed by atoms with E-state index >= 15 is 0 Å². The van der Waals surface area contributed by atoms with Gasteiger partial charge in [0.15, 0.2) is 0 Å². The maximum absolute atomic E-state index is 3.99. The Labute approximate surface area is 102 Å². The van der Waals surface area contributed by atoms with Crippen LogP contribution in [-0.2, 0) is 7.05 Å². The Morgan fingerprint density at radius 2 is 1.94 bits per heavy atom. The lowest BCUT2D eigenvalue weighted by Crippen LogP contribution is -2.24. The van der Waals surface area contributed by atoms with Crippen molar-refractivity contribution in [3.63, 3.8) is 0 Å². The second-order valence-electron chi connectivity index (χ2n) is 4.25. The Balaban J connectivity index is 2.28. The summed E-state index contributed by atoms with van der Waals surface area (Å²) in [7, 11) is 3.89. The highest BCUT2D eigenvalue weighted by molar-refractivity contribution is 5.23. The average Bonchev–Trinajstić information content (AvgIpc) is 2.78. The van der Waals surface area contributed by atoms with E-state index in [9.17, 15) is 0 Å². The normalized spacial score (nSPS) is 14.5. The summed E-state index contributed by atoms with van der Waals surface area (Å²) in [4.78, 5) is 0. The first kappa shape index (κ1) is 11.8. The van der Waals surface area contributed by atoms with E-state index in [1.165, 1.54) is 5.56 Å². The van der Waals surface area contributed by atoms with Crippen molar-refractivity contribution < 1.29 is 0 Å². The first-order chi connectivity index (χ1) is 8.24. The van der Waals surface area contributed by atoms with Crippen LogP contribution < -0.4 is 5.32 Å². The number of aromatic nitrogens is 3. The highest BCUT2D eigenvalue weighted by Gasteiger charge is 2.21. The van der Waals surface area contributed by atoms with Gasteiger partial charge in [-0.1, -0.05) is 42.5 Å². The predicted molar refractivity (Wildman–Crippen MR) is 67.7 cm³/mol. The van der Waals surface area contributed by atoms with E-state index in [1.54, 1.807) is 0 Å². The summed E-state index contributed by atoms with van der Waals surface area (Å²) in [6.45, 7) is 2.21. The highest BCUT2D eigenvalue weighted by atomic mass is 15.4. The molecule has 0 amide bonds. The van der Waals surface area contributed by atoms with Gasteiger partial charge in [0.2, 0.25) is 0 Å². The standard InChI is InChI=1S/C13H18N4/c1-10(11-7-5-4-6-8-11)13(14-2)12-9-15-16-17(12)3/h4-10,13-14H,1-3H3. The molecule has 4 nitrogen and oxygen atoms in total. The SMILES string of the molecule is CNC(c1cnnn1C)C(C)c1ccccc1. The molecule has 0 saturated heterocycles. The fraction of sp³-hybridized carbons (Fsp3) is 0.385. The van der Waals surface area contributed by atoms with Crippen molar-refractivity contribution in [2.24, 2.45) is 7.05 Å². The molecule has 90 valence electrons. The summed E-state index contributed by atoms with van der Waals surface area (Å²) < 4.78 is 1.82. The molecule has 0 bridgehead atoms. The van der Waals surface area contributed by atoms with Crippen LogP contribution in [0.5, 0.6) is 0 Å². The highest BCUT2D eigenvalue weighted by Crippen LogP contribution is 2.29. The second-order valence-corrected chi connectivity index (χ2v) is 4.25. The number of likely N-dealkylation sites (N-methyl/N-ethyl adjacent to an activating group) is 1. The molecule has 0 radical (unpaired) electrons. The van der Waals surface area contributed by atoms with Gasteiger partial charge in [0.05, 0.1) is 17.9 Å². The van der Waals surface area contributed by atoms with Crippen LogP contribution >= 0.6 is 0 Å². The Morgan fingerprint density at radius 1 is 1.24 bits per heavy atom.